The van der Waals surface area contributed by atoms with Crippen LogP contribution in [0.25, 0.3) is 0 Å². The van der Waals surface area contributed by atoms with Crippen LogP contribution in [0.1, 0.15) is 36.0 Å². The number of nitrogens with one attached hydrogen (secondary N) is 1. The van der Waals surface area contributed by atoms with Crippen molar-refractivity contribution in [2.24, 2.45) is 5.92 Å². The summed E-state index contributed by atoms with van der Waals surface area (Å²) in [5.74, 6) is -0.860. The largest absolute Gasteiger partial charge is 0.478 e. The van der Waals surface area contributed by atoms with Gasteiger partial charge < -0.3 is 5.11 Å². The zero-order valence-electron chi connectivity index (χ0n) is 10.2. The standard InChI is InChI=1S/C11H15N3O4S/c15-11(16)9-5-12-13-10(9)19(17,18)14(8-3-4-8)6-7-1-2-7/h5,7-8H,1-4,6H2,(H,12,13)(H,15,16). The van der Waals surface area contributed by atoms with Crippen molar-refractivity contribution < 1.29 is 18.3 Å². The minimum Gasteiger partial charge on any atom is -0.478 e. The van der Waals surface area contributed by atoms with E-state index in [-0.39, 0.29) is 16.6 Å². The SMILES string of the molecule is O=C(O)c1cn[nH]c1S(=O)(=O)N(CC1CC1)C1CC1. The van der Waals surface area contributed by atoms with Crippen molar-refractivity contribution in [1.82, 2.24) is 14.5 Å². The molecular formula is C11H15N3O4S. The quantitative estimate of drug-likeness (QED) is 0.799. The molecule has 2 saturated carbocycles. The van der Waals surface area contributed by atoms with Crippen molar-refractivity contribution in [1.29, 1.82) is 0 Å². The lowest BCUT2D eigenvalue weighted by atomic mass is 10.4. The molecule has 0 amide bonds. The number of aromatic carboxylic acids is 1. The molecule has 1 aromatic rings. The first-order valence-electron chi connectivity index (χ1n) is 6.28. The molecule has 0 aliphatic heterocycles. The van der Waals surface area contributed by atoms with E-state index in [4.69, 9.17) is 5.11 Å². The Hall–Kier alpha value is -1.41. The van der Waals surface area contributed by atoms with Crippen molar-refractivity contribution in [2.45, 2.75) is 36.8 Å². The number of H-pyrrole nitrogens is 1. The number of aromatic nitrogens is 2. The van der Waals surface area contributed by atoms with Gasteiger partial charge in [0.05, 0.1) is 6.20 Å². The molecule has 2 aliphatic rings. The number of hydrogen-bond acceptors (Lipinski definition) is 4. The molecule has 0 saturated heterocycles. The van der Waals surface area contributed by atoms with Gasteiger partial charge in [-0.2, -0.15) is 9.40 Å². The molecule has 8 heteroatoms. The van der Waals surface area contributed by atoms with Gasteiger partial charge in [-0.3, -0.25) is 5.10 Å². The highest BCUT2D eigenvalue weighted by Gasteiger charge is 2.43. The van der Waals surface area contributed by atoms with Gasteiger partial charge in [-0.05, 0) is 31.6 Å². The highest BCUT2D eigenvalue weighted by Crippen LogP contribution is 2.38. The molecule has 2 N–H and O–H groups in total. The number of carboxylic acid groups (broad SMARTS) is 1. The molecule has 3 rings (SSSR count). The van der Waals surface area contributed by atoms with Gasteiger partial charge in [0.2, 0.25) is 0 Å². The Kier molecular flexibility index (Phi) is 2.86. The predicted molar refractivity (Wildman–Crippen MR) is 65.2 cm³/mol. The summed E-state index contributed by atoms with van der Waals surface area (Å²) in [6, 6.07) is 0.0237. The molecule has 0 radical (unpaired) electrons. The van der Waals surface area contributed by atoms with Crippen LogP contribution in [-0.4, -0.2) is 46.6 Å². The Morgan fingerprint density at radius 1 is 1.42 bits per heavy atom. The third-order valence-electron chi connectivity index (χ3n) is 3.49. The topological polar surface area (TPSA) is 103 Å². The maximum absolute atomic E-state index is 12.6. The molecule has 2 fully saturated rings. The minimum absolute atomic E-state index is 0.0237. The number of aromatic amines is 1. The van der Waals surface area contributed by atoms with Crippen LogP contribution in [-0.2, 0) is 10.0 Å². The first-order valence-corrected chi connectivity index (χ1v) is 7.72. The average Bonchev–Trinajstić information content (AvgIpc) is 3.24. The highest BCUT2D eigenvalue weighted by molar-refractivity contribution is 7.89. The minimum atomic E-state index is -3.79. The van der Waals surface area contributed by atoms with Crippen molar-refractivity contribution >= 4 is 16.0 Å². The predicted octanol–water partition coefficient (Wildman–Crippen LogP) is 0.671. The molecule has 1 aromatic heterocycles. The summed E-state index contributed by atoms with van der Waals surface area (Å²) in [5.41, 5.74) is -0.290. The molecule has 2 aliphatic carbocycles. The summed E-state index contributed by atoms with van der Waals surface area (Å²) >= 11 is 0. The molecule has 19 heavy (non-hydrogen) atoms. The molecule has 0 atom stereocenters. The van der Waals surface area contributed by atoms with E-state index in [1.807, 2.05) is 0 Å². The summed E-state index contributed by atoms with van der Waals surface area (Å²) < 4.78 is 26.6. The molecule has 0 aromatic carbocycles. The maximum Gasteiger partial charge on any atom is 0.340 e. The van der Waals surface area contributed by atoms with Crippen LogP contribution in [0.2, 0.25) is 0 Å². The fraction of sp³-hybridized carbons (Fsp3) is 0.636. The van der Waals surface area contributed by atoms with Gasteiger partial charge in [0, 0.05) is 12.6 Å². The Morgan fingerprint density at radius 3 is 2.63 bits per heavy atom. The molecule has 1 heterocycles. The van der Waals surface area contributed by atoms with Crippen molar-refractivity contribution in [2.75, 3.05) is 6.54 Å². The van der Waals surface area contributed by atoms with Crippen LogP contribution >= 0.6 is 0 Å². The maximum atomic E-state index is 12.6. The number of carbonyl (C=O) groups is 1. The van der Waals surface area contributed by atoms with Gasteiger partial charge in [-0.1, -0.05) is 0 Å². The number of sulfonamides is 1. The fourth-order valence-electron chi connectivity index (χ4n) is 2.10. The van der Waals surface area contributed by atoms with Gasteiger partial charge in [0.15, 0.2) is 5.03 Å². The van der Waals surface area contributed by atoms with E-state index in [2.05, 4.69) is 10.2 Å². The van der Waals surface area contributed by atoms with E-state index in [1.54, 1.807) is 0 Å². The van der Waals surface area contributed by atoms with Crippen molar-refractivity contribution in [3.05, 3.63) is 11.8 Å². The van der Waals surface area contributed by atoms with Crippen LogP contribution in [0.4, 0.5) is 0 Å². The molecule has 0 spiro atoms. The Balaban J connectivity index is 1.94. The lowest BCUT2D eigenvalue weighted by molar-refractivity contribution is 0.0692. The summed E-state index contributed by atoms with van der Waals surface area (Å²) in [4.78, 5) is 11.0. The molecule has 0 bridgehead atoms. The normalized spacial score (nSPS) is 19.8. The van der Waals surface area contributed by atoms with E-state index in [0.29, 0.717) is 12.5 Å². The third-order valence-corrected chi connectivity index (χ3v) is 5.38. The molecule has 104 valence electrons. The van der Waals surface area contributed by atoms with Crippen molar-refractivity contribution in [3.8, 4) is 0 Å². The summed E-state index contributed by atoms with van der Waals surface area (Å²) in [6.07, 6.45) is 4.84. The first kappa shape index (κ1) is 12.6. The van der Waals surface area contributed by atoms with Gasteiger partial charge >= 0.3 is 5.97 Å². The smallest absolute Gasteiger partial charge is 0.340 e. The van der Waals surface area contributed by atoms with Crippen LogP contribution in [0.3, 0.4) is 0 Å². The molecule has 0 unspecified atom stereocenters. The second-order valence-electron chi connectivity index (χ2n) is 5.17. The van der Waals surface area contributed by atoms with E-state index >= 15 is 0 Å². The number of hydrogen-bond donors (Lipinski definition) is 2. The van der Waals surface area contributed by atoms with E-state index in [0.717, 1.165) is 31.9 Å². The van der Waals surface area contributed by atoms with E-state index < -0.39 is 16.0 Å². The van der Waals surface area contributed by atoms with E-state index in [9.17, 15) is 13.2 Å². The van der Waals surface area contributed by atoms with Crippen LogP contribution in [0, 0.1) is 5.92 Å². The average molecular weight is 285 g/mol. The summed E-state index contributed by atoms with van der Waals surface area (Å²) in [6.45, 7) is 0.491. The van der Waals surface area contributed by atoms with Gasteiger partial charge in [-0.15, -0.1) is 0 Å². The first-order chi connectivity index (χ1) is 9.00. The van der Waals surface area contributed by atoms with Gasteiger partial charge in [0.1, 0.15) is 5.56 Å². The monoisotopic (exact) mass is 285 g/mol. The lowest BCUT2D eigenvalue weighted by Gasteiger charge is -2.21. The number of carboxylic acids is 1. The van der Waals surface area contributed by atoms with Gasteiger partial charge in [-0.25, -0.2) is 13.2 Å². The Labute approximate surface area is 110 Å². The van der Waals surface area contributed by atoms with Gasteiger partial charge in [0.25, 0.3) is 10.0 Å². The number of nitrogens with zero attached hydrogens (tertiary/aromatic N) is 2. The van der Waals surface area contributed by atoms with Crippen LogP contribution < -0.4 is 0 Å². The Bertz CT molecular complexity index is 601. The second kappa shape index (κ2) is 4.31. The van der Waals surface area contributed by atoms with Crippen molar-refractivity contribution in [3.63, 3.8) is 0 Å². The van der Waals surface area contributed by atoms with Crippen LogP contribution in [0.5, 0.6) is 0 Å². The fourth-order valence-corrected chi connectivity index (χ4v) is 3.93. The lowest BCUT2D eigenvalue weighted by Crippen LogP contribution is -2.35. The third kappa shape index (κ3) is 2.37. The highest BCUT2D eigenvalue weighted by atomic mass is 32.2. The molecular weight excluding hydrogens is 270 g/mol. The second-order valence-corrected chi connectivity index (χ2v) is 6.99. The summed E-state index contributed by atoms with van der Waals surface area (Å²) in [5, 5.41) is 14.6. The zero-order chi connectivity index (χ0) is 13.6. The number of rotatable bonds is 6. The van der Waals surface area contributed by atoms with E-state index in [1.165, 1.54) is 4.31 Å². The Morgan fingerprint density at radius 2 is 2.11 bits per heavy atom. The van der Waals surface area contributed by atoms with Crippen LogP contribution in [0.15, 0.2) is 11.2 Å². The zero-order valence-corrected chi connectivity index (χ0v) is 11.1. The summed E-state index contributed by atoms with van der Waals surface area (Å²) in [7, 11) is -3.79. The molecule has 7 nitrogen and oxygen atoms in total.